The number of aryl methyl sites for hydroxylation is 1. The lowest BCUT2D eigenvalue weighted by atomic mass is 9.99. The lowest BCUT2D eigenvalue weighted by Crippen LogP contribution is -2.61. The molecule has 0 spiro atoms. The zero-order chi connectivity index (χ0) is 67.7. The molecule has 11 rings (SSSR count). The molecule has 0 aromatic heterocycles. The number of esters is 1. The van der Waals surface area contributed by atoms with Gasteiger partial charge >= 0.3 is 11.9 Å². The Morgan fingerprint density at radius 3 is 1.99 bits per heavy atom. The highest BCUT2D eigenvalue weighted by Crippen LogP contribution is 2.42. The van der Waals surface area contributed by atoms with E-state index in [1.165, 1.54) is 37.5 Å². The third-order valence-electron chi connectivity index (χ3n) is 17.0. The number of hydrogen-bond acceptors (Lipinski definition) is 20. The molecule has 26 nitrogen and oxygen atoms in total. The topological polar surface area (TPSA) is 341 Å². The van der Waals surface area contributed by atoms with Crippen LogP contribution in [0, 0.1) is 6.92 Å². The summed E-state index contributed by atoms with van der Waals surface area (Å²) in [5.41, 5.74) is 7.08. The number of fused-ring (bicyclic) bond motifs is 4. The number of nitrogens with one attached hydrogen (secondary N) is 2. The first-order valence-corrected chi connectivity index (χ1v) is 31.3. The van der Waals surface area contributed by atoms with Crippen LogP contribution in [0.2, 0.25) is 0 Å². The van der Waals surface area contributed by atoms with Crippen molar-refractivity contribution in [2.24, 2.45) is 9.98 Å². The van der Waals surface area contributed by atoms with Gasteiger partial charge in [0.05, 0.1) is 74.1 Å². The van der Waals surface area contributed by atoms with Crippen molar-refractivity contribution in [3.8, 4) is 28.7 Å². The van der Waals surface area contributed by atoms with E-state index in [9.17, 15) is 58.8 Å². The fraction of sp³-hybridized carbons (Fsp3) is 0.343. The van der Waals surface area contributed by atoms with Crippen molar-refractivity contribution < 1.29 is 91.9 Å². The molecule has 500 valence electrons. The molecule has 0 saturated carbocycles. The molecule has 6 aliphatic heterocycles. The number of hydrogen-bond donors (Lipinski definition) is 6. The molecule has 6 N–H and O–H groups in total. The molecule has 1 saturated heterocycles. The Morgan fingerprint density at radius 2 is 1.31 bits per heavy atom. The number of aliphatic carboxylic acids is 1. The first-order valence-electron chi connectivity index (χ1n) is 31.3. The van der Waals surface area contributed by atoms with Crippen molar-refractivity contribution in [2.75, 3.05) is 45.8 Å². The Bertz CT molecular complexity index is 4010. The highest BCUT2D eigenvalue weighted by molar-refractivity contribution is 6.13. The number of methoxy groups -OCH3 is 2. The number of carbonyl (C=O) groups excluding carboxylic acids is 7. The van der Waals surface area contributed by atoms with E-state index in [-0.39, 0.29) is 92.6 Å². The van der Waals surface area contributed by atoms with Crippen molar-refractivity contribution in [3.63, 3.8) is 0 Å². The van der Waals surface area contributed by atoms with Crippen molar-refractivity contribution in [2.45, 2.75) is 114 Å². The zero-order valence-corrected chi connectivity index (χ0v) is 52.7. The Balaban J connectivity index is 0.667. The Hall–Kier alpha value is -10.5. The predicted molar refractivity (Wildman–Crippen MR) is 346 cm³/mol. The molecule has 0 bridgehead atoms. The van der Waals surface area contributed by atoms with Gasteiger partial charge in [-0.15, -0.1) is 0 Å². The molecule has 96 heavy (non-hydrogen) atoms. The van der Waals surface area contributed by atoms with E-state index in [0.717, 1.165) is 38.5 Å². The van der Waals surface area contributed by atoms with E-state index in [0.29, 0.717) is 96.0 Å². The maximum atomic E-state index is 14.3. The van der Waals surface area contributed by atoms with Crippen LogP contribution in [-0.4, -0.2) is 178 Å². The molecule has 2 unspecified atom stereocenters. The average Bonchev–Trinajstić information content (AvgIpc) is 1.57. The number of carboxylic acids is 1. The molecular formula is C70H71N7O19. The third kappa shape index (κ3) is 15.3. The number of anilines is 1. The van der Waals surface area contributed by atoms with E-state index in [2.05, 4.69) is 10.6 Å². The van der Waals surface area contributed by atoms with E-state index in [1.54, 1.807) is 59.7 Å². The van der Waals surface area contributed by atoms with Gasteiger partial charge in [-0.25, -0.2) is 4.79 Å². The molecule has 26 heteroatoms. The molecule has 0 radical (unpaired) electrons. The smallest absolute Gasteiger partial charge is 0.335 e. The average molecular weight is 1310 g/mol. The van der Waals surface area contributed by atoms with Gasteiger partial charge < -0.3 is 74.0 Å². The number of aliphatic hydroxyl groups is 3. The standard InChI is InChI=1S/C70H71N7O19/c1-39-25-49-51(72-34-46-29-44(36-76(46)67(49)86)42-13-15-48(90-2)16-14-42)32-55(39)92-23-8-24-93-57-33-52-50(31-56(57)91-3)68(87)77-37-45(30-47(77)35-73-52)43-10-7-9-40(26-43)28-62(82)94-38-41-12-17-54(95-70-65(85)63(83)64(84)66(96-70)69(88)89)53(27-41)74-59(79)20-21-71-58(78)11-5-4-6-22-75-60(80)18-19-61(75)81/h7,9-10,12-19,25-27,31-37,46-47,63-66,70,83-85H,4-6,8,11,20-24,28-30,38H2,1-3H3,(H,71,78)(H,74,79)(H,88,89)/t46-,47-,63-,64-,65?,66?,70+/m0/s1. The second-order valence-corrected chi connectivity index (χ2v) is 23.6. The molecule has 1 fully saturated rings. The van der Waals surface area contributed by atoms with Crippen molar-refractivity contribution >= 4 is 88.0 Å². The van der Waals surface area contributed by atoms with Gasteiger partial charge in [0.1, 0.15) is 42.2 Å². The fourth-order valence-electron chi connectivity index (χ4n) is 11.8. The molecule has 5 aromatic rings. The minimum Gasteiger partial charge on any atom is -0.497 e. The Kier molecular flexibility index (Phi) is 20.8. The normalized spacial score (nSPS) is 20.7. The summed E-state index contributed by atoms with van der Waals surface area (Å²) in [7, 11) is 3.11. The third-order valence-corrected chi connectivity index (χ3v) is 17.0. The summed E-state index contributed by atoms with van der Waals surface area (Å²) in [4.78, 5) is 117. The minimum atomic E-state index is -1.99. The maximum absolute atomic E-state index is 14.3. The molecular weight excluding hydrogens is 1240 g/mol. The highest BCUT2D eigenvalue weighted by Gasteiger charge is 2.48. The number of carbonyl (C=O) groups is 8. The number of amides is 6. The summed E-state index contributed by atoms with van der Waals surface area (Å²) in [5, 5.41) is 46.3. The van der Waals surface area contributed by atoms with Gasteiger partial charge in [-0.3, -0.25) is 48.4 Å². The number of aliphatic imine (C=N–C) groups is 2. The number of carboxylic acid groups (broad SMARTS) is 1. The van der Waals surface area contributed by atoms with Crippen molar-refractivity contribution in [3.05, 3.63) is 154 Å². The minimum absolute atomic E-state index is 0.0389. The monoisotopic (exact) mass is 1310 g/mol. The second-order valence-electron chi connectivity index (χ2n) is 23.6. The van der Waals surface area contributed by atoms with Gasteiger partial charge in [0, 0.05) is 94.3 Å². The largest absolute Gasteiger partial charge is 0.497 e. The molecule has 5 aromatic carbocycles. The lowest BCUT2D eigenvalue weighted by Gasteiger charge is -2.38. The van der Waals surface area contributed by atoms with Crippen LogP contribution < -0.4 is 34.3 Å². The van der Waals surface area contributed by atoms with Gasteiger partial charge in [0.25, 0.3) is 23.6 Å². The lowest BCUT2D eigenvalue weighted by molar-refractivity contribution is -0.271. The SMILES string of the molecule is COc1ccc(C2=CN3C(=O)c4cc(C)c(OCCCOc5cc6c(cc5OC)C(=O)N5C=C(c7cccc(CC(=O)OCc8ccc(O[C@@H]9OC(C(=O)O)[C@@H](O)[C@H](O)C9O)c(NC(=O)CCNC(=O)CCCCCN9C(=O)C=CC9=O)c8)c7)C[C@H]5C=N6)cc4N=C[C@@H]3C2)cc1. The van der Waals surface area contributed by atoms with Crippen LogP contribution in [0.15, 0.2) is 126 Å². The maximum Gasteiger partial charge on any atom is 0.335 e. The number of imide groups is 1. The summed E-state index contributed by atoms with van der Waals surface area (Å²) < 4.78 is 40.2. The fourth-order valence-corrected chi connectivity index (χ4v) is 11.8. The van der Waals surface area contributed by atoms with Crippen LogP contribution in [0.4, 0.5) is 17.1 Å². The number of benzene rings is 5. The first kappa shape index (κ1) is 66.9. The predicted octanol–water partition coefficient (Wildman–Crippen LogP) is 6.29. The van der Waals surface area contributed by atoms with Crippen LogP contribution in [0.5, 0.6) is 28.7 Å². The van der Waals surface area contributed by atoms with Crippen molar-refractivity contribution in [1.29, 1.82) is 0 Å². The zero-order valence-electron chi connectivity index (χ0n) is 52.7. The number of aliphatic hydroxyl groups excluding tert-OH is 3. The number of nitrogens with zero attached hydrogens (tertiary/aromatic N) is 5. The molecule has 6 heterocycles. The van der Waals surface area contributed by atoms with E-state index in [4.69, 9.17) is 43.1 Å². The highest BCUT2D eigenvalue weighted by atomic mass is 16.7. The number of unbranched alkanes of at least 4 members (excludes halogenated alkanes) is 2. The summed E-state index contributed by atoms with van der Waals surface area (Å²) >= 11 is 0. The van der Waals surface area contributed by atoms with Crippen LogP contribution in [-0.2, 0) is 51.3 Å². The van der Waals surface area contributed by atoms with Gasteiger partial charge in [-0.2, -0.15) is 0 Å². The van der Waals surface area contributed by atoms with E-state index in [1.807, 2.05) is 61.8 Å². The van der Waals surface area contributed by atoms with Crippen LogP contribution in [0.3, 0.4) is 0 Å². The van der Waals surface area contributed by atoms with E-state index >= 15 is 0 Å². The Morgan fingerprint density at radius 1 is 0.646 bits per heavy atom. The van der Waals surface area contributed by atoms with Crippen LogP contribution in [0.1, 0.15) is 99.9 Å². The quantitative estimate of drug-likeness (QED) is 0.0191. The second kappa shape index (κ2) is 29.8. The van der Waals surface area contributed by atoms with Gasteiger partial charge in [0.2, 0.25) is 18.1 Å². The summed E-state index contributed by atoms with van der Waals surface area (Å²) in [6, 6.07) is 25.5. The molecule has 0 aliphatic carbocycles. The van der Waals surface area contributed by atoms with Gasteiger partial charge in [-0.05, 0) is 95.1 Å². The first-order chi connectivity index (χ1) is 46.3. The summed E-state index contributed by atoms with van der Waals surface area (Å²) in [5.74, 6) is -2.46. The number of ether oxygens (including phenoxy) is 7. The molecule has 6 aliphatic rings. The molecule has 7 atom stereocenters. The van der Waals surface area contributed by atoms with Gasteiger partial charge in [-0.1, -0.05) is 48.9 Å². The summed E-state index contributed by atoms with van der Waals surface area (Å²) in [6.07, 6.45) is 2.74. The number of rotatable bonds is 27. The van der Waals surface area contributed by atoms with Crippen LogP contribution >= 0.6 is 0 Å². The van der Waals surface area contributed by atoms with E-state index < -0.39 is 54.6 Å². The van der Waals surface area contributed by atoms with Crippen molar-refractivity contribution in [1.82, 2.24) is 20.0 Å². The molecule has 6 amide bonds. The van der Waals surface area contributed by atoms with Crippen LogP contribution in [0.25, 0.3) is 11.1 Å². The summed E-state index contributed by atoms with van der Waals surface area (Å²) in [6.45, 7) is 2.30. The van der Waals surface area contributed by atoms with Gasteiger partial charge in [0.15, 0.2) is 17.6 Å². The Labute approximate surface area is 551 Å².